The predicted molar refractivity (Wildman–Crippen MR) is 126 cm³/mol. The summed E-state index contributed by atoms with van der Waals surface area (Å²) < 4.78 is 0. The molecule has 0 unspecified atom stereocenters. The summed E-state index contributed by atoms with van der Waals surface area (Å²) in [6.45, 7) is 4.46. The molecule has 0 radical (unpaired) electrons. The van der Waals surface area contributed by atoms with Crippen LogP contribution in [0.3, 0.4) is 0 Å². The number of hydrogen-bond acceptors (Lipinski definition) is 4. The molecule has 0 bridgehead atoms. The highest BCUT2D eigenvalue weighted by molar-refractivity contribution is 5.94. The summed E-state index contributed by atoms with van der Waals surface area (Å²) in [5.41, 5.74) is 5.86. The molecular formula is C23H38N6O3. The topological polar surface area (TPSA) is 155 Å². The lowest BCUT2D eigenvalue weighted by Crippen LogP contribution is -2.45. The van der Waals surface area contributed by atoms with E-state index in [0.29, 0.717) is 18.3 Å². The van der Waals surface area contributed by atoms with Crippen LogP contribution in [0, 0.1) is 28.6 Å². The molecule has 1 atom stereocenters. The number of amides is 1. The van der Waals surface area contributed by atoms with Gasteiger partial charge in [-0.1, -0.05) is 44.2 Å². The van der Waals surface area contributed by atoms with Crippen molar-refractivity contribution in [3.63, 3.8) is 0 Å². The van der Waals surface area contributed by atoms with Gasteiger partial charge in [0.2, 0.25) is 5.91 Å². The second kappa shape index (κ2) is 13.3. The van der Waals surface area contributed by atoms with Gasteiger partial charge in [-0.05, 0) is 43.1 Å². The van der Waals surface area contributed by atoms with Crippen LogP contribution in [-0.2, 0) is 16.0 Å². The average molecular weight is 447 g/mol. The van der Waals surface area contributed by atoms with Crippen LogP contribution in [0.4, 0.5) is 0 Å². The first-order chi connectivity index (χ1) is 15.0. The normalized spacial score (nSPS) is 18.5. The predicted octanol–water partition coefficient (Wildman–Crippen LogP) is 2.23. The van der Waals surface area contributed by atoms with Crippen LogP contribution in [-0.4, -0.2) is 53.9 Å². The van der Waals surface area contributed by atoms with E-state index < -0.39 is 12.0 Å². The molecule has 1 amide bonds. The Morgan fingerprint density at radius 2 is 1.69 bits per heavy atom. The van der Waals surface area contributed by atoms with E-state index in [1.807, 2.05) is 30.3 Å². The maximum absolute atomic E-state index is 12.4. The highest BCUT2D eigenvalue weighted by atomic mass is 16.4. The van der Waals surface area contributed by atoms with Crippen molar-refractivity contribution in [2.24, 2.45) is 23.5 Å². The molecule has 32 heavy (non-hydrogen) atoms. The van der Waals surface area contributed by atoms with Gasteiger partial charge < -0.3 is 21.1 Å². The highest BCUT2D eigenvalue weighted by Gasteiger charge is 2.30. The summed E-state index contributed by atoms with van der Waals surface area (Å²) in [4.78, 5) is 25.4. The molecule has 2 rings (SSSR count). The molecule has 1 aromatic carbocycles. The van der Waals surface area contributed by atoms with Gasteiger partial charge in [0.05, 0.1) is 0 Å². The molecule has 9 nitrogen and oxygen atoms in total. The molecule has 0 saturated heterocycles. The Morgan fingerprint density at radius 3 is 2.09 bits per heavy atom. The maximum atomic E-state index is 12.4. The van der Waals surface area contributed by atoms with E-state index in [4.69, 9.17) is 16.6 Å². The number of guanidine groups is 2. The zero-order valence-corrected chi connectivity index (χ0v) is 19.5. The third-order valence-electron chi connectivity index (χ3n) is 5.68. The van der Waals surface area contributed by atoms with E-state index in [9.17, 15) is 14.7 Å². The van der Waals surface area contributed by atoms with Crippen molar-refractivity contribution in [1.29, 1.82) is 10.8 Å². The second-order valence-electron chi connectivity index (χ2n) is 8.73. The molecule has 7 N–H and O–H groups in total. The lowest BCUT2D eigenvalue weighted by atomic mass is 9.76. The van der Waals surface area contributed by atoms with Crippen LogP contribution in [0.1, 0.15) is 45.1 Å². The van der Waals surface area contributed by atoms with Crippen LogP contribution in [0.2, 0.25) is 0 Å². The minimum Gasteiger partial charge on any atom is -0.480 e. The fraction of sp³-hybridized carbons (Fsp3) is 0.565. The maximum Gasteiger partial charge on any atom is 0.326 e. The van der Waals surface area contributed by atoms with Gasteiger partial charge >= 0.3 is 5.97 Å². The van der Waals surface area contributed by atoms with E-state index in [0.717, 1.165) is 31.2 Å². The second-order valence-corrected chi connectivity index (χ2v) is 8.73. The Kier molecular flexibility index (Phi) is 11.2. The molecule has 178 valence electrons. The zero-order valence-electron chi connectivity index (χ0n) is 19.5. The summed E-state index contributed by atoms with van der Waals surface area (Å²) in [5.74, 6) is 0.134. The number of carboxylic acid groups (broad SMARTS) is 1. The van der Waals surface area contributed by atoms with Crippen molar-refractivity contribution in [2.75, 3.05) is 14.1 Å². The molecule has 0 heterocycles. The number of nitrogens with two attached hydrogens (primary N) is 1. The fourth-order valence-corrected chi connectivity index (χ4v) is 3.63. The Hall–Kier alpha value is -3.10. The van der Waals surface area contributed by atoms with Gasteiger partial charge in [0.15, 0.2) is 11.9 Å². The number of aliphatic carboxylic acids is 1. The van der Waals surface area contributed by atoms with Crippen molar-refractivity contribution in [2.45, 2.75) is 52.0 Å². The molecule has 0 aliphatic heterocycles. The molecular weight excluding hydrogens is 408 g/mol. The first kappa shape index (κ1) is 26.9. The molecule has 1 aromatic rings. The molecule has 1 fully saturated rings. The molecule has 1 saturated carbocycles. The van der Waals surface area contributed by atoms with Gasteiger partial charge in [0, 0.05) is 26.4 Å². The van der Waals surface area contributed by atoms with Crippen molar-refractivity contribution >= 4 is 23.8 Å². The summed E-state index contributed by atoms with van der Waals surface area (Å²) in [6, 6.07) is 8.57. The highest BCUT2D eigenvalue weighted by Crippen LogP contribution is 2.33. The van der Waals surface area contributed by atoms with Crippen LogP contribution < -0.4 is 16.4 Å². The standard InChI is InChI=1S/C19H27NO3.C4H11N5/c1-13(2)15-8-10-16(11-9-15)18(21)20-17(19(22)23)12-14-6-4-3-5-7-14;1-9(2)4(7)8-3(5)6/h3-7,13,15-17H,8-12H2,1-2H3,(H,20,21)(H,22,23);1-2H3,(H5,5,6,7,8)/t15-,16-,17-;/m1./s1. The quantitative estimate of drug-likeness (QED) is 0.291. The third kappa shape index (κ3) is 9.80. The Morgan fingerprint density at radius 1 is 1.12 bits per heavy atom. The lowest BCUT2D eigenvalue weighted by Gasteiger charge is -2.30. The summed E-state index contributed by atoms with van der Waals surface area (Å²) in [7, 11) is 3.39. The summed E-state index contributed by atoms with van der Waals surface area (Å²) >= 11 is 0. The first-order valence-electron chi connectivity index (χ1n) is 10.9. The lowest BCUT2D eigenvalue weighted by molar-refractivity contribution is -0.142. The van der Waals surface area contributed by atoms with Gasteiger partial charge in [-0.3, -0.25) is 20.9 Å². The van der Waals surface area contributed by atoms with Gasteiger partial charge in [-0.2, -0.15) is 0 Å². The monoisotopic (exact) mass is 446 g/mol. The molecule has 1 aliphatic rings. The molecule has 9 heteroatoms. The number of carbonyl (C=O) groups is 2. The van der Waals surface area contributed by atoms with Gasteiger partial charge in [-0.25, -0.2) is 4.79 Å². The largest absolute Gasteiger partial charge is 0.480 e. The Bertz CT molecular complexity index is 758. The first-order valence-corrected chi connectivity index (χ1v) is 10.9. The van der Waals surface area contributed by atoms with E-state index in [-0.39, 0.29) is 23.7 Å². The fourth-order valence-electron chi connectivity index (χ4n) is 3.63. The molecule has 0 spiro atoms. The summed E-state index contributed by atoms with van der Waals surface area (Å²) in [6.07, 6.45) is 4.18. The smallest absolute Gasteiger partial charge is 0.326 e. The van der Waals surface area contributed by atoms with E-state index in [1.165, 1.54) is 4.90 Å². The number of nitrogens with one attached hydrogen (secondary N) is 4. The summed E-state index contributed by atoms with van der Waals surface area (Å²) in [5, 5.41) is 28.2. The van der Waals surface area contributed by atoms with Gasteiger partial charge in [0.25, 0.3) is 0 Å². The van der Waals surface area contributed by atoms with E-state index in [1.54, 1.807) is 14.1 Å². The van der Waals surface area contributed by atoms with Crippen molar-refractivity contribution in [3.8, 4) is 0 Å². The Balaban J connectivity index is 0.000000482. The molecule has 1 aliphatic carbocycles. The molecule has 0 aromatic heterocycles. The Labute approximate surface area is 190 Å². The van der Waals surface area contributed by atoms with Crippen LogP contribution >= 0.6 is 0 Å². The van der Waals surface area contributed by atoms with Crippen LogP contribution in [0.25, 0.3) is 0 Å². The van der Waals surface area contributed by atoms with Crippen LogP contribution in [0.5, 0.6) is 0 Å². The SMILES string of the molecule is CC(C)[C@H]1CC[C@H](C(=O)N[C@H](Cc2ccccc2)C(=O)O)CC1.CN(C)C(=N)NC(=N)N. The average Bonchev–Trinajstić information content (AvgIpc) is 2.73. The number of nitrogens with zero attached hydrogens (tertiary/aromatic N) is 1. The zero-order chi connectivity index (χ0) is 24.3. The van der Waals surface area contributed by atoms with Crippen molar-refractivity contribution in [1.82, 2.24) is 15.5 Å². The minimum absolute atomic E-state index is 0.0392. The minimum atomic E-state index is -0.974. The van der Waals surface area contributed by atoms with Crippen molar-refractivity contribution < 1.29 is 14.7 Å². The number of carbonyl (C=O) groups excluding carboxylic acids is 1. The number of rotatable bonds is 6. The van der Waals surface area contributed by atoms with E-state index in [2.05, 4.69) is 24.5 Å². The number of benzene rings is 1. The van der Waals surface area contributed by atoms with Gasteiger partial charge in [0.1, 0.15) is 6.04 Å². The number of carboxylic acids is 1. The number of hydrogen-bond donors (Lipinski definition) is 6. The van der Waals surface area contributed by atoms with Crippen molar-refractivity contribution in [3.05, 3.63) is 35.9 Å². The van der Waals surface area contributed by atoms with E-state index >= 15 is 0 Å². The van der Waals surface area contributed by atoms with Gasteiger partial charge in [-0.15, -0.1) is 0 Å². The van der Waals surface area contributed by atoms with Crippen LogP contribution in [0.15, 0.2) is 30.3 Å². The third-order valence-corrected chi connectivity index (χ3v) is 5.68.